The van der Waals surface area contributed by atoms with E-state index in [9.17, 15) is 14.0 Å². The molecule has 0 aromatic heterocycles. The van der Waals surface area contributed by atoms with Gasteiger partial charge in [0.1, 0.15) is 5.82 Å². The van der Waals surface area contributed by atoms with Crippen molar-refractivity contribution in [2.75, 3.05) is 19.7 Å². The number of halogens is 1. The van der Waals surface area contributed by atoms with Crippen LogP contribution in [0.4, 0.5) is 4.39 Å². The Bertz CT molecular complexity index is 614. The SMILES string of the molecule is CC(=O)N1CCC[C@H](C(=O)N[C@@H](c2ccc(F)cc2)[C@H]2CCCO2)C1. The maximum atomic E-state index is 13.2. The van der Waals surface area contributed by atoms with E-state index in [-0.39, 0.29) is 35.7 Å². The number of carbonyl (C=O) groups is 2. The summed E-state index contributed by atoms with van der Waals surface area (Å²) in [6.45, 7) is 3.39. The van der Waals surface area contributed by atoms with Gasteiger partial charge in [-0.05, 0) is 43.4 Å². The third-order valence-corrected chi connectivity index (χ3v) is 5.10. The molecule has 0 spiro atoms. The van der Waals surface area contributed by atoms with E-state index in [1.54, 1.807) is 17.0 Å². The molecule has 2 fully saturated rings. The molecular formula is C19H25FN2O3. The Morgan fingerprint density at radius 3 is 2.64 bits per heavy atom. The van der Waals surface area contributed by atoms with Crippen LogP contribution in [0.2, 0.25) is 0 Å². The van der Waals surface area contributed by atoms with E-state index in [1.165, 1.54) is 19.1 Å². The maximum Gasteiger partial charge on any atom is 0.225 e. The molecule has 3 atom stereocenters. The van der Waals surface area contributed by atoms with Gasteiger partial charge in [-0.15, -0.1) is 0 Å². The number of ether oxygens (including phenoxy) is 1. The van der Waals surface area contributed by atoms with Gasteiger partial charge in [-0.1, -0.05) is 12.1 Å². The van der Waals surface area contributed by atoms with Crippen LogP contribution in [0.25, 0.3) is 0 Å². The lowest BCUT2D eigenvalue weighted by Crippen LogP contribution is -2.47. The normalized spacial score (nSPS) is 24.8. The Kier molecular flexibility index (Phi) is 5.68. The molecule has 0 radical (unpaired) electrons. The molecule has 0 aliphatic carbocycles. The van der Waals surface area contributed by atoms with Gasteiger partial charge in [-0.3, -0.25) is 9.59 Å². The summed E-state index contributed by atoms with van der Waals surface area (Å²) in [5, 5.41) is 3.10. The number of rotatable bonds is 4. The molecule has 2 aliphatic heterocycles. The average Bonchev–Trinajstić information content (AvgIpc) is 3.15. The summed E-state index contributed by atoms with van der Waals surface area (Å²) in [5.74, 6) is -0.560. The molecule has 1 N–H and O–H groups in total. The molecular weight excluding hydrogens is 323 g/mol. The second kappa shape index (κ2) is 7.95. The predicted octanol–water partition coefficient (Wildman–Crippen LogP) is 2.42. The largest absolute Gasteiger partial charge is 0.376 e. The van der Waals surface area contributed by atoms with Gasteiger partial charge in [0.2, 0.25) is 11.8 Å². The fourth-order valence-electron chi connectivity index (χ4n) is 3.67. The van der Waals surface area contributed by atoms with E-state index in [0.717, 1.165) is 31.2 Å². The van der Waals surface area contributed by atoms with E-state index in [1.807, 2.05) is 0 Å². The van der Waals surface area contributed by atoms with Crippen molar-refractivity contribution in [3.63, 3.8) is 0 Å². The second-order valence-electron chi connectivity index (χ2n) is 6.89. The van der Waals surface area contributed by atoms with Gasteiger partial charge in [0.25, 0.3) is 0 Å². The summed E-state index contributed by atoms with van der Waals surface area (Å²) >= 11 is 0. The Balaban J connectivity index is 1.72. The monoisotopic (exact) mass is 348 g/mol. The summed E-state index contributed by atoms with van der Waals surface area (Å²) < 4.78 is 19.0. The zero-order chi connectivity index (χ0) is 17.8. The van der Waals surface area contributed by atoms with Gasteiger partial charge in [-0.2, -0.15) is 0 Å². The number of piperidine rings is 1. The van der Waals surface area contributed by atoms with Crippen molar-refractivity contribution in [2.24, 2.45) is 5.92 Å². The summed E-state index contributed by atoms with van der Waals surface area (Å²) in [5.41, 5.74) is 0.848. The number of benzene rings is 1. The van der Waals surface area contributed by atoms with Crippen LogP contribution < -0.4 is 5.32 Å². The molecule has 6 heteroatoms. The molecule has 5 nitrogen and oxygen atoms in total. The van der Waals surface area contributed by atoms with Crippen molar-refractivity contribution >= 4 is 11.8 Å². The van der Waals surface area contributed by atoms with Gasteiger partial charge in [-0.25, -0.2) is 4.39 Å². The summed E-state index contributed by atoms with van der Waals surface area (Å²) in [7, 11) is 0. The van der Waals surface area contributed by atoms with E-state index >= 15 is 0 Å². The Morgan fingerprint density at radius 2 is 2.00 bits per heavy atom. The van der Waals surface area contributed by atoms with E-state index in [2.05, 4.69) is 5.32 Å². The average molecular weight is 348 g/mol. The second-order valence-corrected chi connectivity index (χ2v) is 6.89. The van der Waals surface area contributed by atoms with Crippen molar-refractivity contribution in [1.29, 1.82) is 0 Å². The van der Waals surface area contributed by atoms with Gasteiger partial charge >= 0.3 is 0 Å². The van der Waals surface area contributed by atoms with Crippen LogP contribution in [0.3, 0.4) is 0 Å². The third kappa shape index (κ3) is 4.37. The van der Waals surface area contributed by atoms with Gasteiger partial charge in [0, 0.05) is 26.6 Å². The zero-order valence-electron chi connectivity index (χ0n) is 14.5. The predicted molar refractivity (Wildman–Crippen MR) is 91.2 cm³/mol. The third-order valence-electron chi connectivity index (χ3n) is 5.10. The van der Waals surface area contributed by atoms with Crippen molar-refractivity contribution in [3.05, 3.63) is 35.6 Å². The molecule has 3 rings (SSSR count). The minimum Gasteiger partial charge on any atom is -0.376 e. The van der Waals surface area contributed by atoms with Crippen molar-refractivity contribution in [2.45, 2.75) is 44.8 Å². The lowest BCUT2D eigenvalue weighted by atomic mass is 9.94. The number of likely N-dealkylation sites (tertiary alicyclic amines) is 1. The van der Waals surface area contributed by atoms with Crippen LogP contribution in [-0.4, -0.2) is 42.5 Å². The van der Waals surface area contributed by atoms with Gasteiger partial charge < -0.3 is 15.0 Å². The van der Waals surface area contributed by atoms with E-state index < -0.39 is 0 Å². The lowest BCUT2D eigenvalue weighted by molar-refractivity contribution is -0.134. The summed E-state index contributed by atoms with van der Waals surface area (Å²) in [6.07, 6.45) is 3.34. The molecule has 0 bridgehead atoms. The fourth-order valence-corrected chi connectivity index (χ4v) is 3.67. The minimum atomic E-state index is -0.300. The van der Waals surface area contributed by atoms with Crippen molar-refractivity contribution in [1.82, 2.24) is 10.2 Å². The molecule has 2 aliphatic rings. The molecule has 1 aromatic rings. The molecule has 0 saturated carbocycles. The van der Waals surface area contributed by atoms with Crippen molar-refractivity contribution < 1.29 is 18.7 Å². The Morgan fingerprint density at radius 1 is 1.24 bits per heavy atom. The summed E-state index contributed by atoms with van der Waals surface area (Å²) in [4.78, 5) is 26.1. The molecule has 2 saturated heterocycles. The zero-order valence-corrected chi connectivity index (χ0v) is 14.5. The highest BCUT2D eigenvalue weighted by atomic mass is 19.1. The van der Waals surface area contributed by atoms with Crippen LogP contribution in [0.1, 0.15) is 44.2 Å². The van der Waals surface area contributed by atoms with Gasteiger partial charge in [0.15, 0.2) is 0 Å². The molecule has 25 heavy (non-hydrogen) atoms. The van der Waals surface area contributed by atoms with Crippen LogP contribution in [-0.2, 0) is 14.3 Å². The number of hydrogen-bond acceptors (Lipinski definition) is 3. The lowest BCUT2D eigenvalue weighted by Gasteiger charge is -2.33. The smallest absolute Gasteiger partial charge is 0.225 e. The van der Waals surface area contributed by atoms with E-state index in [0.29, 0.717) is 19.7 Å². The molecule has 0 unspecified atom stereocenters. The summed E-state index contributed by atoms with van der Waals surface area (Å²) in [6, 6.07) is 5.92. The highest BCUT2D eigenvalue weighted by Gasteiger charge is 2.33. The first-order chi connectivity index (χ1) is 12.0. The number of amides is 2. The number of carbonyl (C=O) groups excluding carboxylic acids is 2. The first-order valence-corrected chi connectivity index (χ1v) is 8.97. The molecule has 1 aromatic carbocycles. The van der Waals surface area contributed by atoms with Crippen LogP contribution in [0.5, 0.6) is 0 Å². The highest BCUT2D eigenvalue weighted by molar-refractivity contribution is 5.81. The fraction of sp³-hybridized carbons (Fsp3) is 0.579. The quantitative estimate of drug-likeness (QED) is 0.909. The Labute approximate surface area is 147 Å². The molecule has 2 amide bonds. The maximum absolute atomic E-state index is 13.2. The number of hydrogen-bond donors (Lipinski definition) is 1. The topological polar surface area (TPSA) is 58.6 Å². The first kappa shape index (κ1) is 17.9. The number of nitrogens with zero attached hydrogens (tertiary/aromatic N) is 1. The first-order valence-electron chi connectivity index (χ1n) is 8.97. The van der Waals surface area contributed by atoms with Crippen LogP contribution in [0.15, 0.2) is 24.3 Å². The van der Waals surface area contributed by atoms with Gasteiger partial charge in [0.05, 0.1) is 18.1 Å². The standard InChI is InChI=1S/C19H25FN2O3/c1-13(23)22-10-2-4-15(12-22)19(24)21-18(17-5-3-11-25-17)14-6-8-16(20)9-7-14/h6-9,15,17-18H,2-5,10-12H2,1H3,(H,21,24)/t15-,17+,18-/m0/s1. The minimum absolute atomic E-state index is 0.00621. The molecule has 2 heterocycles. The van der Waals surface area contributed by atoms with E-state index in [4.69, 9.17) is 4.74 Å². The number of nitrogens with one attached hydrogen (secondary N) is 1. The van der Waals surface area contributed by atoms with Crippen LogP contribution >= 0.6 is 0 Å². The van der Waals surface area contributed by atoms with Crippen molar-refractivity contribution in [3.8, 4) is 0 Å². The highest BCUT2D eigenvalue weighted by Crippen LogP contribution is 2.28. The molecule has 136 valence electrons. The Hall–Kier alpha value is -1.95. The van der Waals surface area contributed by atoms with Crippen LogP contribution in [0, 0.1) is 11.7 Å².